The number of aromatic nitrogens is 1. The summed E-state index contributed by atoms with van der Waals surface area (Å²) in [6, 6.07) is 10.8. The Kier molecular flexibility index (Phi) is 4.57. The Morgan fingerprint density at radius 3 is 2.84 bits per heavy atom. The third-order valence-electron chi connectivity index (χ3n) is 3.23. The van der Waals surface area contributed by atoms with Crippen molar-refractivity contribution in [1.29, 1.82) is 5.26 Å². The van der Waals surface area contributed by atoms with Crippen LogP contribution in [0.25, 0.3) is 16.7 Å². The minimum Gasteiger partial charge on any atom is -0.435 e. The molecule has 3 rings (SSSR count). The standard InChI is InChI=1S/C16H8Cl2N4O3/c17-10-1-4-15-14(5-10)21-16(25-15)9(7-19)8-20-13-6-11(22(23)24)2-3-12(13)18/h1-6,8,20H. The summed E-state index contributed by atoms with van der Waals surface area (Å²) in [5.41, 5.74) is 1.24. The van der Waals surface area contributed by atoms with Gasteiger partial charge in [-0.1, -0.05) is 23.2 Å². The molecule has 0 saturated carbocycles. The lowest BCUT2D eigenvalue weighted by Gasteiger charge is -2.03. The van der Waals surface area contributed by atoms with Crippen molar-refractivity contribution in [2.75, 3.05) is 5.32 Å². The van der Waals surface area contributed by atoms with Crippen molar-refractivity contribution in [3.63, 3.8) is 0 Å². The highest BCUT2D eigenvalue weighted by Gasteiger charge is 2.13. The number of oxazole rings is 1. The van der Waals surface area contributed by atoms with Gasteiger partial charge >= 0.3 is 0 Å². The monoisotopic (exact) mass is 374 g/mol. The average Bonchev–Trinajstić information content (AvgIpc) is 2.99. The van der Waals surface area contributed by atoms with Crippen LogP contribution >= 0.6 is 23.2 Å². The molecule has 3 aromatic rings. The molecular formula is C16H8Cl2N4O3. The molecule has 0 atom stereocenters. The zero-order valence-corrected chi connectivity index (χ0v) is 13.9. The molecule has 0 unspecified atom stereocenters. The highest BCUT2D eigenvalue weighted by Crippen LogP contribution is 2.28. The van der Waals surface area contributed by atoms with E-state index in [-0.39, 0.29) is 27.9 Å². The van der Waals surface area contributed by atoms with Crippen LogP contribution in [0.2, 0.25) is 10.0 Å². The molecule has 7 nitrogen and oxygen atoms in total. The summed E-state index contributed by atoms with van der Waals surface area (Å²) in [5, 5.41) is 23.7. The van der Waals surface area contributed by atoms with Gasteiger partial charge in [0, 0.05) is 23.4 Å². The molecule has 1 heterocycles. The van der Waals surface area contributed by atoms with E-state index >= 15 is 0 Å². The summed E-state index contributed by atoms with van der Waals surface area (Å²) in [6.45, 7) is 0. The van der Waals surface area contributed by atoms with Crippen molar-refractivity contribution < 1.29 is 9.34 Å². The molecule has 124 valence electrons. The molecule has 0 bridgehead atoms. The molecule has 2 aromatic carbocycles. The number of nitrogens with one attached hydrogen (secondary N) is 1. The van der Waals surface area contributed by atoms with Crippen LogP contribution in [-0.4, -0.2) is 9.91 Å². The molecule has 1 N–H and O–H groups in total. The highest BCUT2D eigenvalue weighted by molar-refractivity contribution is 6.33. The Balaban J connectivity index is 1.94. The van der Waals surface area contributed by atoms with E-state index in [9.17, 15) is 15.4 Å². The van der Waals surface area contributed by atoms with Crippen LogP contribution in [-0.2, 0) is 0 Å². The third-order valence-corrected chi connectivity index (χ3v) is 3.80. The first-order chi connectivity index (χ1) is 12.0. The Labute approximate surface area is 151 Å². The summed E-state index contributed by atoms with van der Waals surface area (Å²) >= 11 is 11.9. The molecule has 0 saturated heterocycles. The number of benzene rings is 2. The Morgan fingerprint density at radius 1 is 1.32 bits per heavy atom. The minimum absolute atomic E-state index is 0.0915. The van der Waals surface area contributed by atoms with Gasteiger partial charge in [-0.15, -0.1) is 0 Å². The topological polar surface area (TPSA) is 105 Å². The number of hydrogen-bond acceptors (Lipinski definition) is 6. The molecule has 9 heteroatoms. The van der Waals surface area contributed by atoms with E-state index in [1.807, 2.05) is 6.07 Å². The maximum atomic E-state index is 10.8. The van der Waals surface area contributed by atoms with Crippen LogP contribution < -0.4 is 5.32 Å². The molecule has 25 heavy (non-hydrogen) atoms. The summed E-state index contributed by atoms with van der Waals surface area (Å²) < 4.78 is 5.51. The molecule has 0 aliphatic heterocycles. The number of nitrogens with zero attached hydrogens (tertiary/aromatic N) is 3. The lowest BCUT2D eigenvalue weighted by Crippen LogP contribution is -1.94. The average molecular weight is 375 g/mol. The first-order valence-electron chi connectivity index (χ1n) is 6.85. The van der Waals surface area contributed by atoms with Gasteiger partial charge in [-0.2, -0.15) is 5.26 Å². The third kappa shape index (κ3) is 3.55. The first-order valence-corrected chi connectivity index (χ1v) is 7.61. The van der Waals surface area contributed by atoms with E-state index < -0.39 is 4.92 Å². The predicted molar refractivity (Wildman–Crippen MR) is 94.3 cm³/mol. The molecule has 0 amide bonds. The number of rotatable bonds is 4. The summed E-state index contributed by atoms with van der Waals surface area (Å²) in [7, 11) is 0. The highest BCUT2D eigenvalue weighted by atomic mass is 35.5. The molecule has 0 aliphatic rings. The Morgan fingerprint density at radius 2 is 2.12 bits per heavy atom. The smallest absolute Gasteiger partial charge is 0.271 e. The Hall–Kier alpha value is -3.08. The number of nitro groups is 1. The fraction of sp³-hybridized carbons (Fsp3) is 0. The van der Waals surface area contributed by atoms with Crippen LogP contribution in [0.15, 0.2) is 47.0 Å². The van der Waals surface area contributed by atoms with E-state index in [1.165, 1.54) is 24.4 Å². The van der Waals surface area contributed by atoms with Crippen molar-refractivity contribution in [2.45, 2.75) is 0 Å². The number of nitro benzene ring substituents is 1. The fourth-order valence-electron chi connectivity index (χ4n) is 2.04. The van der Waals surface area contributed by atoms with E-state index in [0.29, 0.717) is 16.1 Å². The van der Waals surface area contributed by atoms with Crippen molar-refractivity contribution in [3.8, 4) is 6.07 Å². The lowest BCUT2D eigenvalue weighted by molar-refractivity contribution is -0.384. The molecular weight excluding hydrogens is 367 g/mol. The normalized spacial score (nSPS) is 11.3. The minimum atomic E-state index is -0.541. The van der Waals surface area contributed by atoms with Crippen molar-refractivity contribution >= 4 is 51.2 Å². The van der Waals surface area contributed by atoms with E-state index in [2.05, 4.69) is 10.3 Å². The second-order valence-corrected chi connectivity index (χ2v) is 5.71. The zero-order valence-electron chi connectivity index (χ0n) is 12.4. The van der Waals surface area contributed by atoms with Crippen LogP contribution in [0.4, 0.5) is 11.4 Å². The number of halogens is 2. The summed E-state index contributed by atoms with van der Waals surface area (Å²) in [5.74, 6) is 0.0915. The van der Waals surface area contributed by atoms with Gasteiger partial charge in [0.25, 0.3) is 5.69 Å². The van der Waals surface area contributed by atoms with Crippen molar-refractivity contribution in [3.05, 3.63) is 68.6 Å². The van der Waals surface area contributed by atoms with Crippen LogP contribution in [0.1, 0.15) is 5.89 Å². The second-order valence-electron chi connectivity index (χ2n) is 4.87. The van der Waals surface area contributed by atoms with Crippen LogP contribution in [0.3, 0.4) is 0 Å². The number of non-ortho nitro benzene ring substituents is 1. The summed E-state index contributed by atoms with van der Waals surface area (Å²) in [6.07, 6.45) is 1.32. The number of fused-ring (bicyclic) bond motifs is 1. The maximum Gasteiger partial charge on any atom is 0.271 e. The molecule has 0 radical (unpaired) electrons. The van der Waals surface area contributed by atoms with E-state index in [1.54, 1.807) is 18.2 Å². The summed E-state index contributed by atoms with van der Waals surface area (Å²) in [4.78, 5) is 14.5. The fourth-order valence-corrected chi connectivity index (χ4v) is 2.38. The van der Waals surface area contributed by atoms with Crippen LogP contribution in [0, 0.1) is 21.4 Å². The second kappa shape index (κ2) is 6.81. The van der Waals surface area contributed by atoms with E-state index in [4.69, 9.17) is 27.6 Å². The van der Waals surface area contributed by atoms with Gasteiger partial charge in [-0.3, -0.25) is 10.1 Å². The van der Waals surface area contributed by atoms with Crippen LogP contribution in [0.5, 0.6) is 0 Å². The van der Waals surface area contributed by atoms with Gasteiger partial charge in [-0.25, -0.2) is 4.98 Å². The maximum absolute atomic E-state index is 10.8. The van der Waals surface area contributed by atoms with Gasteiger partial charge in [0.15, 0.2) is 5.58 Å². The van der Waals surface area contributed by atoms with Gasteiger partial charge in [0.1, 0.15) is 17.2 Å². The molecule has 0 fully saturated rings. The SMILES string of the molecule is N#CC(=CNc1cc([N+](=O)[O-])ccc1Cl)c1nc2cc(Cl)ccc2o1. The number of allylic oxidation sites excluding steroid dienone is 1. The number of anilines is 1. The zero-order chi connectivity index (χ0) is 18.0. The van der Waals surface area contributed by atoms with Crippen molar-refractivity contribution in [2.24, 2.45) is 0 Å². The van der Waals surface area contributed by atoms with Crippen molar-refractivity contribution in [1.82, 2.24) is 4.98 Å². The number of hydrogen-bond donors (Lipinski definition) is 1. The van der Waals surface area contributed by atoms with Gasteiger partial charge in [0.2, 0.25) is 5.89 Å². The number of nitriles is 1. The predicted octanol–water partition coefficient (Wildman–Crippen LogP) is 5.02. The molecule has 1 aromatic heterocycles. The van der Waals surface area contributed by atoms with E-state index in [0.717, 1.165) is 0 Å². The lowest BCUT2D eigenvalue weighted by atomic mass is 10.2. The van der Waals surface area contributed by atoms with Gasteiger partial charge in [-0.05, 0) is 24.3 Å². The first kappa shape index (κ1) is 16.8. The largest absolute Gasteiger partial charge is 0.435 e. The molecule has 0 aliphatic carbocycles. The van der Waals surface area contributed by atoms with Gasteiger partial charge in [0.05, 0.1) is 15.6 Å². The van der Waals surface area contributed by atoms with Gasteiger partial charge < -0.3 is 9.73 Å². The quantitative estimate of drug-likeness (QED) is 0.390. The molecule has 0 spiro atoms. The Bertz CT molecular complexity index is 1050.